The highest BCUT2D eigenvalue weighted by Crippen LogP contribution is 2.43. The number of benzene rings is 2. The minimum absolute atomic E-state index is 0.0378. The third-order valence-corrected chi connectivity index (χ3v) is 4.30. The molecule has 0 heterocycles. The summed E-state index contributed by atoms with van der Waals surface area (Å²) < 4.78 is 69.5. The summed E-state index contributed by atoms with van der Waals surface area (Å²) in [6, 6.07) is 17.3. The number of alkyl halides is 5. The molecule has 158 valence electrons. The van der Waals surface area contributed by atoms with Gasteiger partial charge in [0.1, 0.15) is 6.61 Å². The molecule has 0 radical (unpaired) electrons. The molecule has 0 spiro atoms. The molecule has 0 saturated carbocycles. The van der Waals surface area contributed by atoms with Gasteiger partial charge in [-0.3, -0.25) is 0 Å². The Kier molecular flexibility index (Phi) is 8.60. The molecule has 1 atom stereocenters. The maximum absolute atomic E-state index is 14.1. The molecule has 2 aromatic carbocycles. The van der Waals surface area contributed by atoms with Crippen LogP contribution in [0.15, 0.2) is 60.7 Å². The fraction of sp³-hybridized carbons (Fsp3) is 0.350. The highest BCUT2D eigenvalue weighted by molar-refractivity contribution is 9.10. The summed E-state index contributed by atoms with van der Waals surface area (Å²) in [5.41, 5.74) is 1.40. The van der Waals surface area contributed by atoms with E-state index in [9.17, 15) is 22.4 Å². The molecule has 0 aliphatic carbocycles. The van der Waals surface area contributed by atoms with Crippen molar-refractivity contribution in [3.05, 3.63) is 71.8 Å². The van der Waals surface area contributed by atoms with Gasteiger partial charge in [0.05, 0.1) is 19.8 Å². The van der Waals surface area contributed by atoms with Crippen LogP contribution in [0.5, 0.6) is 0 Å². The van der Waals surface area contributed by atoms with Crippen molar-refractivity contribution < 1.29 is 36.6 Å². The predicted octanol–water partition coefficient (Wildman–Crippen LogP) is 4.95. The van der Waals surface area contributed by atoms with Crippen LogP contribution >= 0.6 is 15.9 Å². The third kappa shape index (κ3) is 7.41. The number of rotatable bonds is 11. The average Bonchev–Trinajstić information content (AvgIpc) is 2.68. The second-order valence-electron chi connectivity index (χ2n) is 6.08. The van der Waals surface area contributed by atoms with Crippen LogP contribution in [0.3, 0.4) is 0 Å². The smallest absolute Gasteiger partial charge is 0.367 e. The number of hydrogen-bond acceptors (Lipinski definition) is 4. The molecular formula is C20H19BrF4O4. The van der Waals surface area contributed by atoms with Gasteiger partial charge in [0, 0.05) is 0 Å². The first kappa shape index (κ1) is 23.3. The standard InChI is InChI=1S/C20H19BrF4O4/c21-20(24,25)19(22,23)17(13-27-11-15-7-3-1-4-8-15)29-18(26)14-28-12-16-9-5-2-6-10-16/h1-10,17H,11-14H2/t17-/m1/s1. The van der Waals surface area contributed by atoms with Crippen LogP contribution in [0.4, 0.5) is 17.6 Å². The van der Waals surface area contributed by atoms with E-state index in [-0.39, 0.29) is 13.2 Å². The fourth-order valence-electron chi connectivity index (χ4n) is 2.27. The molecule has 0 aromatic heterocycles. The van der Waals surface area contributed by atoms with Gasteiger partial charge in [-0.1, -0.05) is 60.7 Å². The molecule has 2 aromatic rings. The van der Waals surface area contributed by atoms with Gasteiger partial charge in [-0.2, -0.15) is 17.6 Å². The molecule has 4 nitrogen and oxygen atoms in total. The maximum atomic E-state index is 14.1. The summed E-state index contributed by atoms with van der Waals surface area (Å²) in [5.74, 6) is -5.90. The van der Waals surface area contributed by atoms with Gasteiger partial charge in [0.2, 0.25) is 0 Å². The quantitative estimate of drug-likeness (QED) is 0.260. The molecule has 0 aliphatic heterocycles. The van der Waals surface area contributed by atoms with Crippen molar-refractivity contribution in [3.8, 4) is 0 Å². The lowest BCUT2D eigenvalue weighted by molar-refractivity contribution is -0.232. The van der Waals surface area contributed by atoms with Crippen molar-refractivity contribution in [2.45, 2.75) is 30.1 Å². The van der Waals surface area contributed by atoms with Crippen molar-refractivity contribution in [2.24, 2.45) is 0 Å². The predicted molar refractivity (Wildman–Crippen MR) is 101 cm³/mol. The van der Waals surface area contributed by atoms with E-state index in [0.717, 1.165) is 5.56 Å². The SMILES string of the molecule is O=C(COCc1ccccc1)O[C@H](COCc1ccccc1)C(F)(F)C(F)(F)Br. The third-order valence-electron chi connectivity index (χ3n) is 3.77. The van der Waals surface area contributed by atoms with Gasteiger partial charge in [-0.15, -0.1) is 0 Å². The van der Waals surface area contributed by atoms with E-state index in [1.807, 2.05) is 0 Å². The molecule has 0 unspecified atom stereocenters. The Balaban J connectivity index is 1.92. The van der Waals surface area contributed by atoms with Crippen LogP contribution < -0.4 is 0 Å². The minimum atomic E-state index is -4.70. The van der Waals surface area contributed by atoms with Gasteiger partial charge in [-0.25, -0.2) is 4.79 Å². The zero-order valence-corrected chi connectivity index (χ0v) is 16.8. The van der Waals surface area contributed by atoms with Crippen molar-refractivity contribution >= 4 is 21.9 Å². The van der Waals surface area contributed by atoms with Crippen molar-refractivity contribution in [1.82, 2.24) is 0 Å². The zero-order valence-electron chi connectivity index (χ0n) is 15.2. The number of halogens is 5. The molecule has 0 bridgehead atoms. The Labute approximate surface area is 173 Å². The molecule has 2 rings (SSSR count). The van der Waals surface area contributed by atoms with E-state index in [4.69, 9.17) is 9.47 Å². The Bertz CT molecular complexity index is 754. The lowest BCUT2D eigenvalue weighted by Crippen LogP contribution is -2.50. The van der Waals surface area contributed by atoms with Crippen LogP contribution in [-0.2, 0) is 32.2 Å². The van der Waals surface area contributed by atoms with Crippen molar-refractivity contribution in [2.75, 3.05) is 13.2 Å². The lowest BCUT2D eigenvalue weighted by atomic mass is 10.2. The van der Waals surface area contributed by atoms with Gasteiger partial charge >= 0.3 is 16.7 Å². The largest absolute Gasteiger partial charge is 0.451 e. The number of carbonyl (C=O) groups excluding carboxylic acids is 1. The number of ether oxygens (including phenoxy) is 3. The second-order valence-corrected chi connectivity index (χ2v) is 7.07. The zero-order chi connectivity index (χ0) is 21.3. The molecule has 0 N–H and O–H groups in total. The molecule has 9 heteroatoms. The summed E-state index contributed by atoms with van der Waals surface area (Å²) in [6.07, 6.45) is -2.51. The Morgan fingerprint density at radius 3 is 1.83 bits per heavy atom. The van der Waals surface area contributed by atoms with Gasteiger partial charge in [0.15, 0.2) is 6.10 Å². The molecule has 0 amide bonds. The Hall–Kier alpha value is -1.97. The minimum Gasteiger partial charge on any atom is -0.451 e. The fourth-order valence-corrected chi connectivity index (χ4v) is 2.53. The van der Waals surface area contributed by atoms with E-state index in [1.165, 1.54) is 0 Å². The molecule has 0 aliphatic rings. The summed E-state index contributed by atoms with van der Waals surface area (Å²) in [4.78, 5) is 7.26. The second kappa shape index (κ2) is 10.7. The molecule has 0 saturated heterocycles. The van der Waals surface area contributed by atoms with Gasteiger partial charge in [0.25, 0.3) is 0 Å². The highest BCUT2D eigenvalue weighted by Gasteiger charge is 2.61. The molecular weight excluding hydrogens is 460 g/mol. The van der Waals surface area contributed by atoms with E-state index in [2.05, 4.69) is 4.74 Å². The van der Waals surface area contributed by atoms with E-state index in [0.29, 0.717) is 5.56 Å². The Morgan fingerprint density at radius 1 is 0.862 bits per heavy atom. The summed E-state index contributed by atoms with van der Waals surface area (Å²) in [6.45, 7) is -1.67. The highest BCUT2D eigenvalue weighted by atomic mass is 79.9. The lowest BCUT2D eigenvalue weighted by Gasteiger charge is -2.29. The maximum Gasteiger partial charge on any atom is 0.367 e. The first-order chi connectivity index (χ1) is 13.7. The van der Waals surface area contributed by atoms with E-state index < -0.39 is 36.0 Å². The van der Waals surface area contributed by atoms with Gasteiger partial charge in [-0.05, 0) is 27.1 Å². The van der Waals surface area contributed by atoms with E-state index >= 15 is 0 Å². The van der Waals surface area contributed by atoms with Crippen molar-refractivity contribution in [1.29, 1.82) is 0 Å². The number of esters is 1. The summed E-state index contributed by atoms with van der Waals surface area (Å²) in [7, 11) is 0. The Morgan fingerprint density at radius 2 is 1.34 bits per heavy atom. The van der Waals surface area contributed by atoms with Gasteiger partial charge < -0.3 is 14.2 Å². The monoisotopic (exact) mass is 478 g/mol. The molecule has 29 heavy (non-hydrogen) atoms. The van der Waals surface area contributed by atoms with Crippen LogP contribution in [0.1, 0.15) is 11.1 Å². The number of hydrogen-bond donors (Lipinski definition) is 0. The van der Waals surface area contributed by atoms with Crippen LogP contribution in [0.2, 0.25) is 0 Å². The van der Waals surface area contributed by atoms with E-state index in [1.54, 1.807) is 76.6 Å². The first-order valence-electron chi connectivity index (χ1n) is 8.57. The van der Waals surface area contributed by atoms with Crippen LogP contribution in [0, 0.1) is 0 Å². The summed E-state index contributed by atoms with van der Waals surface area (Å²) >= 11 is 1.65. The van der Waals surface area contributed by atoms with Crippen molar-refractivity contribution in [3.63, 3.8) is 0 Å². The van der Waals surface area contributed by atoms with Crippen LogP contribution in [0.25, 0.3) is 0 Å². The molecule has 0 fully saturated rings. The summed E-state index contributed by atoms with van der Waals surface area (Å²) in [5, 5.41) is 0. The van der Waals surface area contributed by atoms with Crippen LogP contribution in [-0.4, -0.2) is 36.0 Å². The first-order valence-corrected chi connectivity index (χ1v) is 9.37. The topological polar surface area (TPSA) is 44.8 Å². The average molecular weight is 479 g/mol. The number of carbonyl (C=O) groups is 1. The normalized spacial score (nSPS) is 13.1.